The molecule has 17 heavy (non-hydrogen) atoms. The zero-order valence-corrected chi connectivity index (χ0v) is 10.2. The van der Waals surface area contributed by atoms with Crippen molar-refractivity contribution in [2.24, 2.45) is 5.73 Å². The van der Waals surface area contributed by atoms with Crippen molar-refractivity contribution in [1.29, 1.82) is 0 Å². The van der Waals surface area contributed by atoms with Crippen molar-refractivity contribution in [2.75, 3.05) is 31.7 Å². The largest absolute Gasteiger partial charge is 0.380 e. The van der Waals surface area contributed by atoms with Gasteiger partial charge in [-0.15, -0.1) is 0 Å². The monoisotopic (exact) mass is 233 g/mol. The highest BCUT2D eigenvalue weighted by atomic mass is 16.5. The van der Waals surface area contributed by atoms with E-state index in [0.29, 0.717) is 6.54 Å². The Labute approximate surface area is 102 Å². The summed E-state index contributed by atoms with van der Waals surface area (Å²) in [6.07, 6.45) is 6.97. The van der Waals surface area contributed by atoms with Crippen LogP contribution in [-0.2, 0) is 11.3 Å². The molecule has 1 aromatic heterocycles. The van der Waals surface area contributed by atoms with E-state index >= 15 is 0 Å². The van der Waals surface area contributed by atoms with Crippen molar-refractivity contribution in [3.63, 3.8) is 0 Å². The van der Waals surface area contributed by atoms with Gasteiger partial charge in [0.2, 0.25) is 0 Å². The first-order valence-electron chi connectivity index (χ1n) is 5.90. The lowest BCUT2D eigenvalue weighted by Crippen LogP contribution is -2.30. The van der Waals surface area contributed by atoms with Crippen molar-refractivity contribution in [3.05, 3.63) is 35.7 Å². The highest BCUT2D eigenvalue weighted by Gasteiger charge is 2.14. The van der Waals surface area contributed by atoms with Gasteiger partial charge < -0.3 is 15.4 Å². The average molecular weight is 233 g/mol. The first-order chi connectivity index (χ1) is 8.35. The van der Waals surface area contributed by atoms with E-state index in [-0.39, 0.29) is 0 Å². The zero-order chi connectivity index (χ0) is 12.1. The summed E-state index contributed by atoms with van der Waals surface area (Å²) in [6, 6.07) is 2.04. The van der Waals surface area contributed by atoms with Gasteiger partial charge in [0.05, 0.1) is 6.61 Å². The summed E-state index contributed by atoms with van der Waals surface area (Å²) in [5, 5.41) is 0. The van der Waals surface area contributed by atoms with Crippen LogP contribution in [0.1, 0.15) is 12.0 Å². The lowest BCUT2D eigenvalue weighted by molar-refractivity contribution is 0.222. The van der Waals surface area contributed by atoms with E-state index in [0.717, 1.165) is 31.7 Å². The van der Waals surface area contributed by atoms with Crippen LogP contribution < -0.4 is 10.6 Å². The molecule has 0 saturated heterocycles. The molecule has 0 atom stereocenters. The first-order valence-corrected chi connectivity index (χ1v) is 5.90. The zero-order valence-electron chi connectivity index (χ0n) is 10.2. The number of ether oxygens (including phenoxy) is 1. The summed E-state index contributed by atoms with van der Waals surface area (Å²) in [6.45, 7) is 3.23. The molecule has 1 aliphatic heterocycles. The van der Waals surface area contributed by atoms with E-state index in [9.17, 15) is 0 Å². The normalized spacial score (nSPS) is 15.9. The Morgan fingerprint density at radius 1 is 1.53 bits per heavy atom. The van der Waals surface area contributed by atoms with Crippen LogP contribution in [0, 0.1) is 0 Å². The second kappa shape index (κ2) is 5.80. The lowest BCUT2D eigenvalue weighted by Gasteiger charge is -2.29. The molecule has 2 N–H and O–H groups in total. The fraction of sp³-hybridized carbons (Fsp3) is 0.462. The molecule has 2 rings (SSSR count). The number of hydrogen-bond donors (Lipinski definition) is 1. The Kier molecular flexibility index (Phi) is 4.12. The molecule has 2 heterocycles. The molecular formula is C13H19N3O. The second-order valence-corrected chi connectivity index (χ2v) is 4.20. The van der Waals surface area contributed by atoms with E-state index in [1.54, 1.807) is 7.11 Å². The fourth-order valence-electron chi connectivity index (χ4n) is 2.13. The van der Waals surface area contributed by atoms with Crippen LogP contribution in [0.3, 0.4) is 0 Å². The molecule has 0 bridgehead atoms. The molecule has 0 spiro atoms. The summed E-state index contributed by atoms with van der Waals surface area (Å²) in [5.41, 5.74) is 9.42. The number of anilines is 1. The van der Waals surface area contributed by atoms with Gasteiger partial charge in [-0.1, -0.05) is 6.08 Å². The van der Waals surface area contributed by atoms with Crippen molar-refractivity contribution in [2.45, 2.75) is 13.0 Å². The van der Waals surface area contributed by atoms with Crippen LogP contribution in [0.5, 0.6) is 0 Å². The van der Waals surface area contributed by atoms with Crippen LogP contribution in [0.15, 0.2) is 30.1 Å². The van der Waals surface area contributed by atoms with Gasteiger partial charge in [-0.05, 0) is 18.1 Å². The van der Waals surface area contributed by atoms with Gasteiger partial charge in [0.15, 0.2) is 0 Å². The molecule has 92 valence electrons. The van der Waals surface area contributed by atoms with Gasteiger partial charge in [-0.2, -0.15) is 0 Å². The summed E-state index contributed by atoms with van der Waals surface area (Å²) < 4.78 is 5.15. The number of aromatic nitrogens is 1. The van der Waals surface area contributed by atoms with Gasteiger partial charge in [-0.3, -0.25) is 4.98 Å². The molecule has 0 amide bonds. The third-order valence-corrected chi connectivity index (χ3v) is 3.07. The van der Waals surface area contributed by atoms with E-state index in [4.69, 9.17) is 10.5 Å². The van der Waals surface area contributed by atoms with Crippen LogP contribution in [0.2, 0.25) is 0 Å². The Bertz CT molecular complexity index is 403. The maximum Gasteiger partial charge on any atom is 0.0674 e. The van der Waals surface area contributed by atoms with Crippen molar-refractivity contribution in [1.82, 2.24) is 4.98 Å². The minimum absolute atomic E-state index is 0.536. The smallest absolute Gasteiger partial charge is 0.0674 e. The van der Waals surface area contributed by atoms with Gasteiger partial charge in [0.1, 0.15) is 0 Å². The minimum atomic E-state index is 0.536. The van der Waals surface area contributed by atoms with Gasteiger partial charge in [0.25, 0.3) is 0 Å². The predicted molar refractivity (Wildman–Crippen MR) is 68.9 cm³/mol. The quantitative estimate of drug-likeness (QED) is 0.797. The number of nitrogens with zero attached hydrogens (tertiary/aromatic N) is 2. The number of nitrogens with two attached hydrogens (primary N) is 1. The number of rotatable bonds is 4. The Hall–Kier alpha value is -1.39. The minimum Gasteiger partial charge on any atom is -0.380 e. The number of hydrogen-bond acceptors (Lipinski definition) is 4. The highest BCUT2D eigenvalue weighted by Crippen LogP contribution is 2.22. The molecule has 0 unspecified atom stereocenters. The van der Waals surface area contributed by atoms with Crippen LogP contribution in [-0.4, -0.2) is 31.8 Å². The Balaban J connectivity index is 2.10. The summed E-state index contributed by atoms with van der Waals surface area (Å²) in [7, 11) is 1.74. The average Bonchev–Trinajstić information content (AvgIpc) is 2.40. The predicted octanol–water partition coefficient (Wildman–Crippen LogP) is 1.32. The second-order valence-electron chi connectivity index (χ2n) is 4.20. The summed E-state index contributed by atoms with van der Waals surface area (Å²) in [4.78, 5) is 6.45. The lowest BCUT2D eigenvalue weighted by atomic mass is 10.1. The number of methoxy groups -OCH3 is 1. The molecule has 4 heteroatoms. The Morgan fingerprint density at radius 2 is 2.41 bits per heavy atom. The molecule has 0 fully saturated rings. The molecule has 0 radical (unpaired) electrons. The van der Waals surface area contributed by atoms with E-state index in [1.165, 1.54) is 11.3 Å². The van der Waals surface area contributed by atoms with E-state index in [1.807, 2.05) is 18.5 Å². The maximum absolute atomic E-state index is 5.73. The molecule has 0 saturated carbocycles. The van der Waals surface area contributed by atoms with Crippen LogP contribution in [0.4, 0.5) is 5.69 Å². The molecule has 1 aliphatic rings. The van der Waals surface area contributed by atoms with Crippen molar-refractivity contribution in [3.8, 4) is 0 Å². The van der Waals surface area contributed by atoms with Crippen molar-refractivity contribution >= 4 is 5.69 Å². The molecule has 1 aromatic rings. The third kappa shape index (κ3) is 2.84. The third-order valence-electron chi connectivity index (χ3n) is 3.07. The maximum atomic E-state index is 5.73. The SMILES string of the molecule is COCC1=CCN(c2ccncc2CN)CC1. The highest BCUT2D eigenvalue weighted by molar-refractivity contribution is 5.53. The molecule has 4 nitrogen and oxygen atoms in total. The first kappa shape index (κ1) is 12.1. The van der Waals surface area contributed by atoms with E-state index < -0.39 is 0 Å². The van der Waals surface area contributed by atoms with Crippen LogP contribution in [0.25, 0.3) is 0 Å². The van der Waals surface area contributed by atoms with Gasteiger partial charge in [0, 0.05) is 50.4 Å². The standard InChI is InChI=1S/C13H19N3O/c1-17-10-11-3-6-16(7-4-11)13-2-5-15-9-12(13)8-14/h2-3,5,9H,4,6-8,10,14H2,1H3. The van der Waals surface area contributed by atoms with Crippen LogP contribution >= 0.6 is 0 Å². The molecule has 0 aliphatic carbocycles. The number of pyridine rings is 1. The summed E-state index contributed by atoms with van der Waals surface area (Å²) >= 11 is 0. The molecular weight excluding hydrogens is 214 g/mol. The van der Waals surface area contributed by atoms with Gasteiger partial charge >= 0.3 is 0 Å². The van der Waals surface area contributed by atoms with Crippen molar-refractivity contribution < 1.29 is 4.74 Å². The van der Waals surface area contributed by atoms with Gasteiger partial charge in [-0.25, -0.2) is 0 Å². The summed E-state index contributed by atoms with van der Waals surface area (Å²) in [5.74, 6) is 0. The fourth-order valence-corrected chi connectivity index (χ4v) is 2.13. The topological polar surface area (TPSA) is 51.4 Å². The Morgan fingerprint density at radius 3 is 3.06 bits per heavy atom. The molecule has 0 aromatic carbocycles. The van der Waals surface area contributed by atoms with E-state index in [2.05, 4.69) is 16.0 Å².